The number of hydrogen-bond acceptors (Lipinski definition) is 3. The van der Waals surface area contributed by atoms with E-state index in [1.54, 1.807) is 6.07 Å². The summed E-state index contributed by atoms with van der Waals surface area (Å²) >= 11 is 0. The van der Waals surface area contributed by atoms with Crippen LogP contribution in [0.1, 0.15) is 19.3 Å². The molecule has 0 aromatic heterocycles. The van der Waals surface area contributed by atoms with E-state index >= 15 is 0 Å². The van der Waals surface area contributed by atoms with Crippen LogP contribution >= 0.6 is 0 Å². The van der Waals surface area contributed by atoms with Crippen molar-refractivity contribution in [2.24, 2.45) is 11.8 Å². The average molecular weight is 299 g/mol. The third kappa shape index (κ3) is 3.68. The number of amides is 1. The summed E-state index contributed by atoms with van der Waals surface area (Å²) in [5.74, 6) is -3.02. The lowest BCUT2D eigenvalue weighted by Crippen LogP contribution is -2.30. The predicted molar refractivity (Wildman–Crippen MR) is 70.2 cm³/mol. The molecule has 21 heavy (non-hydrogen) atoms. The van der Waals surface area contributed by atoms with Gasteiger partial charge in [0.1, 0.15) is 5.75 Å². The maximum atomic E-state index is 12.3. The van der Waals surface area contributed by atoms with Crippen LogP contribution in [0.4, 0.5) is 14.5 Å². The Bertz CT molecular complexity index is 535. The van der Waals surface area contributed by atoms with Gasteiger partial charge < -0.3 is 15.2 Å². The van der Waals surface area contributed by atoms with Crippen LogP contribution in [-0.4, -0.2) is 23.6 Å². The van der Waals surface area contributed by atoms with Crippen molar-refractivity contribution < 1.29 is 28.2 Å². The Hall–Kier alpha value is -2.18. The van der Waals surface area contributed by atoms with Crippen molar-refractivity contribution in [3.8, 4) is 5.75 Å². The standard InChI is InChI=1S/C14H15F2NO4/c15-14(16)21-11-7-2-1-6-10(11)17-12(18)8-4-3-5-9(8)13(19)20/h1-2,6-9,14H,3-5H2,(H,17,18)(H,19,20)/t8-,9+/m1/s1. The predicted octanol–water partition coefficient (Wildman–Crippen LogP) is 2.73. The Balaban J connectivity index is 2.11. The summed E-state index contributed by atoms with van der Waals surface area (Å²) in [5, 5.41) is 11.6. The lowest BCUT2D eigenvalue weighted by Gasteiger charge is -2.17. The van der Waals surface area contributed by atoms with Gasteiger partial charge in [-0.05, 0) is 25.0 Å². The van der Waals surface area contributed by atoms with Crippen molar-refractivity contribution in [1.82, 2.24) is 0 Å². The van der Waals surface area contributed by atoms with Gasteiger partial charge in [-0.2, -0.15) is 8.78 Å². The van der Waals surface area contributed by atoms with Crippen LogP contribution in [0.5, 0.6) is 5.75 Å². The molecule has 0 aliphatic heterocycles. The molecule has 1 aliphatic carbocycles. The first-order valence-corrected chi connectivity index (χ1v) is 6.56. The van der Waals surface area contributed by atoms with E-state index in [1.165, 1.54) is 18.2 Å². The van der Waals surface area contributed by atoms with Crippen LogP contribution in [0.25, 0.3) is 0 Å². The zero-order chi connectivity index (χ0) is 15.4. The Morgan fingerprint density at radius 1 is 1.24 bits per heavy atom. The molecule has 0 saturated heterocycles. The highest BCUT2D eigenvalue weighted by Gasteiger charge is 2.37. The van der Waals surface area contributed by atoms with Gasteiger partial charge in [0.05, 0.1) is 17.5 Å². The van der Waals surface area contributed by atoms with Gasteiger partial charge in [0, 0.05) is 0 Å². The quantitative estimate of drug-likeness (QED) is 0.876. The van der Waals surface area contributed by atoms with Gasteiger partial charge in [-0.1, -0.05) is 18.6 Å². The number of alkyl halides is 2. The monoisotopic (exact) mass is 299 g/mol. The molecule has 0 spiro atoms. The maximum Gasteiger partial charge on any atom is 0.387 e. The van der Waals surface area contributed by atoms with Crippen molar-refractivity contribution in [2.75, 3.05) is 5.32 Å². The summed E-state index contributed by atoms with van der Waals surface area (Å²) in [6.07, 6.45) is 1.58. The van der Waals surface area contributed by atoms with Gasteiger partial charge in [-0.3, -0.25) is 9.59 Å². The molecular weight excluding hydrogens is 284 g/mol. The molecule has 2 N–H and O–H groups in total. The Morgan fingerprint density at radius 3 is 2.57 bits per heavy atom. The summed E-state index contributed by atoms with van der Waals surface area (Å²) in [6, 6.07) is 5.81. The van der Waals surface area contributed by atoms with Gasteiger partial charge >= 0.3 is 12.6 Å². The summed E-state index contributed by atoms with van der Waals surface area (Å²) in [6.45, 7) is -3.00. The summed E-state index contributed by atoms with van der Waals surface area (Å²) in [5.41, 5.74) is 0.110. The van der Waals surface area contributed by atoms with Gasteiger partial charge in [0.25, 0.3) is 0 Å². The number of carbonyl (C=O) groups excluding carboxylic acids is 1. The number of hydrogen-bond donors (Lipinski definition) is 2. The normalized spacial score (nSPS) is 21.3. The lowest BCUT2D eigenvalue weighted by molar-refractivity contribution is -0.145. The number of aliphatic carboxylic acids is 1. The number of ether oxygens (including phenoxy) is 1. The minimum Gasteiger partial charge on any atom is -0.481 e. The second-order valence-electron chi connectivity index (χ2n) is 4.85. The van der Waals surface area contributed by atoms with Crippen molar-refractivity contribution >= 4 is 17.6 Å². The molecule has 5 nitrogen and oxygen atoms in total. The van der Waals surface area contributed by atoms with E-state index in [-0.39, 0.29) is 11.4 Å². The fraction of sp³-hybridized carbons (Fsp3) is 0.429. The molecule has 2 rings (SSSR count). The first kappa shape index (κ1) is 15.2. The molecule has 1 aliphatic rings. The van der Waals surface area contributed by atoms with Crippen molar-refractivity contribution in [3.05, 3.63) is 24.3 Å². The number of carbonyl (C=O) groups is 2. The van der Waals surface area contributed by atoms with Crippen LogP contribution in [0.15, 0.2) is 24.3 Å². The fourth-order valence-corrected chi connectivity index (χ4v) is 2.56. The lowest BCUT2D eigenvalue weighted by atomic mass is 9.95. The van der Waals surface area contributed by atoms with E-state index in [0.717, 1.165) is 0 Å². The Morgan fingerprint density at radius 2 is 1.90 bits per heavy atom. The topological polar surface area (TPSA) is 75.6 Å². The SMILES string of the molecule is O=C(O)[C@H]1CCC[C@H]1C(=O)Nc1ccccc1OC(F)F. The van der Waals surface area contributed by atoms with Crippen molar-refractivity contribution in [2.45, 2.75) is 25.9 Å². The third-order valence-electron chi connectivity index (χ3n) is 3.53. The fourth-order valence-electron chi connectivity index (χ4n) is 2.56. The van der Waals surface area contributed by atoms with Crippen LogP contribution in [0, 0.1) is 11.8 Å². The van der Waals surface area contributed by atoms with E-state index in [1.807, 2.05) is 0 Å². The molecular formula is C14H15F2NO4. The number of carboxylic acid groups (broad SMARTS) is 1. The Labute approximate surface area is 119 Å². The number of rotatable bonds is 5. The molecule has 1 aromatic rings. The average Bonchev–Trinajstić information content (AvgIpc) is 2.90. The van der Waals surface area contributed by atoms with Gasteiger partial charge in [-0.15, -0.1) is 0 Å². The molecule has 2 atom stereocenters. The molecule has 1 fully saturated rings. The molecule has 1 aromatic carbocycles. The van der Waals surface area contributed by atoms with Gasteiger partial charge in [0.2, 0.25) is 5.91 Å². The molecule has 0 bridgehead atoms. The van der Waals surface area contributed by atoms with E-state index in [9.17, 15) is 18.4 Å². The van der Waals surface area contributed by atoms with E-state index < -0.39 is 30.3 Å². The minimum absolute atomic E-state index is 0.110. The van der Waals surface area contributed by atoms with Crippen molar-refractivity contribution in [3.63, 3.8) is 0 Å². The van der Waals surface area contributed by atoms with Crippen LogP contribution in [-0.2, 0) is 9.59 Å². The summed E-state index contributed by atoms with van der Waals surface area (Å²) in [4.78, 5) is 23.2. The highest BCUT2D eigenvalue weighted by atomic mass is 19.3. The number of para-hydroxylation sites is 2. The summed E-state index contributed by atoms with van der Waals surface area (Å²) in [7, 11) is 0. The number of nitrogens with one attached hydrogen (secondary N) is 1. The number of anilines is 1. The van der Waals surface area contributed by atoms with E-state index in [0.29, 0.717) is 19.3 Å². The number of carboxylic acids is 1. The molecule has 0 unspecified atom stereocenters. The van der Waals surface area contributed by atoms with E-state index in [2.05, 4.69) is 10.1 Å². The summed E-state index contributed by atoms with van der Waals surface area (Å²) < 4.78 is 28.9. The first-order chi connectivity index (χ1) is 9.99. The molecule has 0 radical (unpaired) electrons. The first-order valence-electron chi connectivity index (χ1n) is 6.56. The van der Waals surface area contributed by atoms with Gasteiger partial charge in [0.15, 0.2) is 0 Å². The smallest absolute Gasteiger partial charge is 0.387 e. The molecule has 0 heterocycles. The Kier molecular flexibility index (Phi) is 4.72. The van der Waals surface area contributed by atoms with E-state index in [4.69, 9.17) is 5.11 Å². The zero-order valence-electron chi connectivity index (χ0n) is 11.1. The largest absolute Gasteiger partial charge is 0.481 e. The van der Waals surface area contributed by atoms with Crippen molar-refractivity contribution in [1.29, 1.82) is 0 Å². The van der Waals surface area contributed by atoms with Gasteiger partial charge in [-0.25, -0.2) is 0 Å². The van der Waals surface area contributed by atoms with Crippen LogP contribution in [0.3, 0.4) is 0 Å². The highest BCUT2D eigenvalue weighted by Crippen LogP contribution is 2.34. The molecule has 1 saturated carbocycles. The highest BCUT2D eigenvalue weighted by molar-refractivity contribution is 5.96. The zero-order valence-corrected chi connectivity index (χ0v) is 11.1. The number of halogens is 2. The number of benzene rings is 1. The maximum absolute atomic E-state index is 12.3. The van der Waals surface area contributed by atoms with Crippen LogP contribution < -0.4 is 10.1 Å². The molecule has 7 heteroatoms. The third-order valence-corrected chi connectivity index (χ3v) is 3.53. The second-order valence-corrected chi connectivity index (χ2v) is 4.85. The second kappa shape index (κ2) is 6.51. The molecule has 114 valence electrons. The molecule has 1 amide bonds. The minimum atomic E-state index is -3.00. The van der Waals surface area contributed by atoms with Crippen LogP contribution in [0.2, 0.25) is 0 Å².